The first-order chi connectivity index (χ1) is 9.27. The molecule has 6 nitrogen and oxygen atoms in total. The summed E-state index contributed by atoms with van der Waals surface area (Å²) in [6, 6.07) is 3.34. The summed E-state index contributed by atoms with van der Waals surface area (Å²) < 4.78 is 15.4. The zero-order chi connectivity index (χ0) is 13.9. The van der Waals surface area contributed by atoms with E-state index in [-0.39, 0.29) is 5.91 Å². The van der Waals surface area contributed by atoms with Gasteiger partial charge >= 0.3 is 0 Å². The Balaban J connectivity index is 2.04. The number of nitrogens with one attached hydrogen (secondary N) is 1. The third kappa shape index (κ3) is 6.37. The monoisotopic (exact) mass is 270 g/mol. The molecule has 0 saturated carbocycles. The summed E-state index contributed by atoms with van der Waals surface area (Å²) in [5.74, 6) is 0.702. The second-order valence-electron chi connectivity index (χ2n) is 4.04. The predicted molar refractivity (Wildman–Crippen MR) is 70.9 cm³/mol. The molecule has 0 aliphatic rings. The quantitative estimate of drug-likeness (QED) is 0.617. The molecule has 1 aromatic heterocycles. The van der Waals surface area contributed by atoms with Crippen LogP contribution in [0.3, 0.4) is 0 Å². The van der Waals surface area contributed by atoms with Crippen molar-refractivity contribution in [3.8, 4) is 0 Å². The standard InChI is InChI=1S/C13H22N2O4/c1-17-8-9-18-7-3-2-6-15-13(16)12-5-4-11(10-14)19-12/h4-5H,2-3,6-10,14H2,1H3,(H,15,16). The summed E-state index contributed by atoms with van der Waals surface area (Å²) in [7, 11) is 1.64. The van der Waals surface area contributed by atoms with Gasteiger partial charge in [-0.2, -0.15) is 0 Å². The molecule has 3 N–H and O–H groups in total. The number of ether oxygens (including phenoxy) is 2. The number of rotatable bonds is 10. The van der Waals surface area contributed by atoms with Gasteiger partial charge in [0.25, 0.3) is 5.91 Å². The molecule has 0 aromatic carbocycles. The van der Waals surface area contributed by atoms with Gasteiger partial charge in [-0.15, -0.1) is 0 Å². The van der Waals surface area contributed by atoms with Crippen molar-refractivity contribution in [2.24, 2.45) is 5.73 Å². The van der Waals surface area contributed by atoms with Gasteiger partial charge in [0.1, 0.15) is 5.76 Å². The van der Waals surface area contributed by atoms with Gasteiger partial charge in [-0.05, 0) is 25.0 Å². The van der Waals surface area contributed by atoms with Crippen molar-refractivity contribution < 1.29 is 18.7 Å². The Hall–Kier alpha value is -1.37. The predicted octanol–water partition coefficient (Wildman–Crippen LogP) is 0.911. The fourth-order valence-corrected chi connectivity index (χ4v) is 1.47. The molecule has 0 unspecified atom stereocenters. The minimum Gasteiger partial charge on any atom is -0.455 e. The van der Waals surface area contributed by atoms with Crippen LogP contribution in [0.25, 0.3) is 0 Å². The van der Waals surface area contributed by atoms with Gasteiger partial charge in [-0.25, -0.2) is 0 Å². The highest BCUT2D eigenvalue weighted by Crippen LogP contribution is 2.06. The molecular weight excluding hydrogens is 248 g/mol. The minimum atomic E-state index is -0.208. The van der Waals surface area contributed by atoms with Crippen LogP contribution in [-0.4, -0.2) is 39.4 Å². The molecule has 0 radical (unpaired) electrons. The minimum absolute atomic E-state index is 0.208. The molecule has 0 bridgehead atoms. The number of hydrogen-bond donors (Lipinski definition) is 2. The van der Waals surface area contributed by atoms with Gasteiger partial charge in [0.15, 0.2) is 5.76 Å². The number of methoxy groups -OCH3 is 1. The lowest BCUT2D eigenvalue weighted by atomic mass is 10.3. The first kappa shape index (κ1) is 15.7. The third-order valence-corrected chi connectivity index (χ3v) is 2.52. The Morgan fingerprint density at radius 2 is 2.16 bits per heavy atom. The van der Waals surface area contributed by atoms with Crippen LogP contribution in [0.2, 0.25) is 0 Å². The lowest BCUT2D eigenvalue weighted by Crippen LogP contribution is -2.24. The molecule has 0 atom stereocenters. The van der Waals surface area contributed by atoms with E-state index in [1.54, 1.807) is 19.2 Å². The van der Waals surface area contributed by atoms with Crippen molar-refractivity contribution in [3.05, 3.63) is 23.7 Å². The van der Waals surface area contributed by atoms with E-state index >= 15 is 0 Å². The molecule has 0 spiro atoms. The zero-order valence-electron chi connectivity index (χ0n) is 11.3. The molecule has 6 heteroatoms. The molecule has 1 aromatic rings. The van der Waals surface area contributed by atoms with Crippen LogP contribution in [-0.2, 0) is 16.0 Å². The molecule has 108 valence electrons. The summed E-state index contributed by atoms with van der Waals surface area (Å²) in [5.41, 5.74) is 5.40. The fraction of sp³-hybridized carbons (Fsp3) is 0.615. The Morgan fingerprint density at radius 3 is 2.84 bits per heavy atom. The first-order valence-electron chi connectivity index (χ1n) is 6.41. The second kappa shape index (κ2) is 9.55. The molecule has 19 heavy (non-hydrogen) atoms. The average molecular weight is 270 g/mol. The molecule has 1 rings (SSSR count). The number of carbonyl (C=O) groups is 1. The van der Waals surface area contributed by atoms with E-state index < -0.39 is 0 Å². The third-order valence-electron chi connectivity index (χ3n) is 2.52. The summed E-state index contributed by atoms with van der Waals surface area (Å²) >= 11 is 0. The van der Waals surface area contributed by atoms with Crippen LogP contribution in [0.4, 0.5) is 0 Å². The Bertz CT molecular complexity index is 365. The maximum Gasteiger partial charge on any atom is 0.286 e. The number of hydrogen-bond acceptors (Lipinski definition) is 5. The van der Waals surface area contributed by atoms with Crippen molar-refractivity contribution in [2.45, 2.75) is 19.4 Å². The number of carbonyl (C=O) groups excluding carboxylic acids is 1. The highest BCUT2D eigenvalue weighted by atomic mass is 16.5. The summed E-state index contributed by atoms with van der Waals surface area (Å²) in [6.45, 7) is 2.80. The Kier molecular flexibility index (Phi) is 7.88. The first-order valence-corrected chi connectivity index (χ1v) is 6.41. The van der Waals surface area contributed by atoms with Crippen molar-refractivity contribution >= 4 is 5.91 Å². The molecule has 0 fully saturated rings. The van der Waals surface area contributed by atoms with E-state index in [9.17, 15) is 4.79 Å². The average Bonchev–Trinajstić information content (AvgIpc) is 2.90. The normalized spacial score (nSPS) is 10.6. The SMILES string of the molecule is COCCOCCCCNC(=O)c1ccc(CN)o1. The fourth-order valence-electron chi connectivity index (χ4n) is 1.47. The van der Waals surface area contributed by atoms with Crippen LogP contribution in [0, 0.1) is 0 Å². The van der Waals surface area contributed by atoms with E-state index in [2.05, 4.69) is 5.32 Å². The van der Waals surface area contributed by atoms with Crippen LogP contribution in [0.5, 0.6) is 0 Å². The second-order valence-corrected chi connectivity index (χ2v) is 4.04. The Labute approximate surface area is 113 Å². The molecule has 0 saturated heterocycles. The van der Waals surface area contributed by atoms with Crippen LogP contribution < -0.4 is 11.1 Å². The van der Waals surface area contributed by atoms with E-state index in [4.69, 9.17) is 19.6 Å². The van der Waals surface area contributed by atoms with Gasteiger partial charge in [0, 0.05) is 20.3 Å². The lowest BCUT2D eigenvalue weighted by molar-refractivity contribution is 0.0685. The van der Waals surface area contributed by atoms with Gasteiger partial charge < -0.3 is 24.9 Å². The maximum absolute atomic E-state index is 11.7. The topological polar surface area (TPSA) is 86.7 Å². The lowest BCUT2D eigenvalue weighted by Gasteiger charge is -2.04. The van der Waals surface area contributed by atoms with Gasteiger partial charge in [-0.1, -0.05) is 0 Å². The van der Waals surface area contributed by atoms with Crippen LogP contribution >= 0.6 is 0 Å². The van der Waals surface area contributed by atoms with E-state index in [0.717, 1.165) is 12.8 Å². The molecule has 1 amide bonds. The smallest absolute Gasteiger partial charge is 0.286 e. The van der Waals surface area contributed by atoms with E-state index in [1.165, 1.54) is 0 Å². The van der Waals surface area contributed by atoms with E-state index in [0.29, 0.717) is 44.4 Å². The zero-order valence-corrected chi connectivity index (χ0v) is 11.3. The van der Waals surface area contributed by atoms with Crippen molar-refractivity contribution in [1.82, 2.24) is 5.32 Å². The number of furan rings is 1. The van der Waals surface area contributed by atoms with Gasteiger partial charge in [0.05, 0.1) is 19.8 Å². The summed E-state index contributed by atoms with van der Waals surface area (Å²) in [4.78, 5) is 11.7. The molecule has 0 aliphatic heterocycles. The van der Waals surface area contributed by atoms with E-state index in [1.807, 2.05) is 0 Å². The van der Waals surface area contributed by atoms with Crippen LogP contribution in [0.1, 0.15) is 29.2 Å². The molecule has 1 heterocycles. The van der Waals surface area contributed by atoms with Gasteiger partial charge in [-0.3, -0.25) is 4.79 Å². The maximum atomic E-state index is 11.7. The summed E-state index contributed by atoms with van der Waals surface area (Å²) in [5, 5.41) is 2.78. The number of amides is 1. The van der Waals surface area contributed by atoms with Crippen molar-refractivity contribution in [2.75, 3.05) is 33.5 Å². The van der Waals surface area contributed by atoms with Crippen LogP contribution in [0.15, 0.2) is 16.5 Å². The van der Waals surface area contributed by atoms with Crippen molar-refractivity contribution in [3.63, 3.8) is 0 Å². The number of nitrogens with two attached hydrogens (primary N) is 1. The highest BCUT2D eigenvalue weighted by Gasteiger charge is 2.09. The number of unbranched alkanes of at least 4 members (excludes halogenated alkanes) is 1. The molecule has 0 aliphatic carbocycles. The van der Waals surface area contributed by atoms with Gasteiger partial charge in [0.2, 0.25) is 0 Å². The molecular formula is C13H22N2O4. The van der Waals surface area contributed by atoms with Crippen molar-refractivity contribution in [1.29, 1.82) is 0 Å². The summed E-state index contributed by atoms with van der Waals surface area (Å²) in [6.07, 6.45) is 1.76. The largest absolute Gasteiger partial charge is 0.455 e. The highest BCUT2D eigenvalue weighted by molar-refractivity contribution is 5.91. The Morgan fingerprint density at radius 1 is 1.32 bits per heavy atom.